The summed E-state index contributed by atoms with van der Waals surface area (Å²) in [6.45, 7) is 1.10. The van der Waals surface area contributed by atoms with Crippen molar-refractivity contribution >= 4 is 33.8 Å². The molecule has 4 heterocycles. The molecule has 1 saturated heterocycles. The van der Waals surface area contributed by atoms with Gasteiger partial charge in [-0.05, 0) is 30.9 Å². The molecule has 4 atom stereocenters. The zero-order valence-corrected chi connectivity index (χ0v) is 20.0. The summed E-state index contributed by atoms with van der Waals surface area (Å²) < 4.78 is 9.37. The fraction of sp³-hybridized carbons (Fsp3) is 0.385. The average Bonchev–Trinajstić information content (AvgIpc) is 3.39. The van der Waals surface area contributed by atoms with Crippen LogP contribution in [0.3, 0.4) is 0 Å². The molecular weight excluding hydrogens is 474 g/mol. The number of fused-ring (bicyclic) bond motifs is 2. The number of hydrogen-bond acceptors (Lipinski definition) is 8. The van der Waals surface area contributed by atoms with Crippen LogP contribution in [0.4, 0.5) is 5.82 Å². The van der Waals surface area contributed by atoms with E-state index in [0.29, 0.717) is 30.1 Å². The second-order valence-electron chi connectivity index (χ2n) is 9.44. The van der Waals surface area contributed by atoms with Gasteiger partial charge in [-0.2, -0.15) is 0 Å². The number of aliphatic hydroxyl groups is 2. The van der Waals surface area contributed by atoms with Crippen LogP contribution in [0.25, 0.3) is 22.1 Å². The highest BCUT2D eigenvalue weighted by Crippen LogP contribution is 2.33. The predicted octanol–water partition coefficient (Wildman–Crippen LogP) is 0.967. The van der Waals surface area contributed by atoms with Crippen molar-refractivity contribution in [2.24, 2.45) is 0 Å². The van der Waals surface area contributed by atoms with Gasteiger partial charge in [0.2, 0.25) is 0 Å². The van der Waals surface area contributed by atoms with E-state index in [1.54, 1.807) is 0 Å². The lowest BCUT2D eigenvalue weighted by Gasteiger charge is -2.16. The fourth-order valence-corrected chi connectivity index (χ4v) is 4.85. The molecule has 2 fully saturated rings. The first-order valence-electron chi connectivity index (χ1n) is 12.3. The molecular formula is C26H27N7O4. The van der Waals surface area contributed by atoms with Crippen molar-refractivity contribution in [3.05, 3.63) is 48.7 Å². The third kappa shape index (κ3) is 4.29. The molecule has 1 amide bonds. The number of para-hydroxylation sites is 1. The minimum absolute atomic E-state index is 0.115. The zero-order valence-electron chi connectivity index (χ0n) is 20.0. The van der Waals surface area contributed by atoms with E-state index >= 15 is 0 Å². The Labute approximate surface area is 212 Å². The van der Waals surface area contributed by atoms with Gasteiger partial charge in [0.05, 0.1) is 12.9 Å². The lowest BCUT2D eigenvalue weighted by atomic mass is 10.1. The number of carbonyl (C=O) groups is 1. The molecule has 11 heteroatoms. The molecule has 0 unspecified atom stereocenters. The fourth-order valence-electron chi connectivity index (χ4n) is 4.85. The van der Waals surface area contributed by atoms with Gasteiger partial charge in [0, 0.05) is 29.7 Å². The summed E-state index contributed by atoms with van der Waals surface area (Å²) in [6, 6.07) is 8.26. The number of ether oxygens (including phenoxy) is 1. The van der Waals surface area contributed by atoms with Crippen LogP contribution in [0, 0.1) is 12.3 Å². The van der Waals surface area contributed by atoms with Gasteiger partial charge >= 0.3 is 0 Å². The maximum absolute atomic E-state index is 12.5. The number of aromatic nitrogens is 5. The first kappa shape index (κ1) is 23.4. The van der Waals surface area contributed by atoms with Gasteiger partial charge < -0.3 is 30.2 Å². The van der Waals surface area contributed by atoms with Gasteiger partial charge in [-0.15, -0.1) is 6.42 Å². The number of imidazole rings is 1. The first-order valence-corrected chi connectivity index (χ1v) is 12.3. The number of amides is 1. The molecule has 1 saturated carbocycles. The molecule has 0 bridgehead atoms. The second kappa shape index (κ2) is 9.48. The van der Waals surface area contributed by atoms with Gasteiger partial charge in [-0.3, -0.25) is 9.36 Å². The number of benzene rings is 1. The predicted molar refractivity (Wildman–Crippen MR) is 135 cm³/mol. The molecule has 37 heavy (non-hydrogen) atoms. The SMILES string of the molecule is C#CCn1cc(CCNc2ncnc3c2ncn3[C@@H]2O[C@H](C(=O)NC3CC3)[C@@H](O)[C@H]2O)c2ccccc21. The molecule has 1 aliphatic heterocycles. The van der Waals surface area contributed by atoms with Crippen LogP contribution in [0.2, 0.25) is 0 Å². The summed E-state index contributed by atoms with van der Waals surface area (Å²) in [7, 11) is 0. The maximum atomic E-state index is 12.5. The van der Waals surface area contributed by atoms with E-state index in [1.807, 2.05) is 12.1 Å². The van der Waals surface area contributed by atoms with Gasteiger partial charge in [0.1, 0.15) is 18.5 Å². The third-order valence-electron chi connectivity index (χ3n) is 6.87. The molecule has 1 aliphatic carbocycles. The Bertz CT molecular complexity index is 1500. The van der Waals surface area contributed by atoms with Crippen LogP contribution in [0.5, 0.6) is 0 Å². The number of terminal acetylenes is 1. The van der Waals surface area contributed by atoms with Crippen LogP contribution < -0.4 is 10.6 Å². The van der Waals surface area contributed by atoms with Gasteiger partial charge in [0.15, 0.2) is 29.3 Å². The van der Waals surface area contributed by atoms with Crippen LogP contribution in [0.15, 0.2) is 43.1 Å². The summed E-state index contributed by atoms with van der Waals surface area (Å²) in [5, 5.41) is 28.4. The van der Waals surface area contributed by atoms with Crippen molar-refractivity contribution in [2.75, 3.05) is 11.9 Å². The van der Waals surface area contributed by atoms with Crippen molar-refractivity contribution in [2.45, 2.75) is 56.4 Å². The minimum Gasteiger partial charge on any atom is -0.387 e. The summed E-state index contributed by atoms with van der Waals surface area (Å²) in [4.78, 5) is 25.6. The molecule has 2 aliphatic rings. The lowest BCUT2D eigenvalue weighted by molar-refractivity contribution is -0.137. The largest absolute Gasteiger partial charge is 0.387 e. The van der Waals surface area contributed by atoms with E-state index in [9.17, 15) is 15.0 Å². The Morgan fingerprint density at radius 2 is 2.03 bits per heavy atom. The third-order valence-corrected chi connectivity index (χ3v) is 6.87. The van der Waals surface area contributed by atoms with Crippen LogP contribution in [-0.4, -0.2) is 71.1 Å². The molecule has 6 rings (SSSR count). The molecule has 4 aromatic rings. The second-order valence-corrected chi connectivity index (χ2v) is 9.44. The monoisotopic (exact) mass is 501 g/mol. The Hall–Kier alpha value is -3.98. The summed E-state index contributed by atoms with van der Waals surface area (Å²) in [5.41, 5.74) is 3.18. The van der Waals surface area contributed by atoms with Crippen molar-refractivity contribution < 1.29 is 19.7 Å². The topological polar surface area (TPSA) is 139 Å². The summed E-state index contributed by atoms with van der Waals surface area (Å²) in [5.74, 6) is 2.80. The normalized spacial score (nSPS) is 23.4. The Balaban J connectivity index is 1.19. The summed E-state index contributed by atoms with van der Waals surface area (Å²) >= 11 is 0. The van der Waals surface area contributed by atoms with E-state index in [4.69, 9.17) is 11.2 Å². The Morgan fingerprint density at radius 3 is 2.84 bits per heavy atom. The van der Waals surface area contributed by atoms with Crippen LogP contribution >= 0.6 is 0 Å². The quantitative estimate of drug-likeness (QED) is 0.262. The van der Waals surface area contributed by atoms with E-state index in [0.717, 1.165) is 30.2 Å². The minimum atomic E-state index is -1.36. The summed E-state index contributed by atoms with van der Waals surface area (Å²) in [6.07, 6.45) is 8.17. The Kier molecular flexibility index (Phi) is 6.00. The molecule has 190 valence electrons. The van der Waals surface area contributed by atoms with Crippen molar-refractivity contribution in [1.29, 1.82) is 0 Å². The molecule has 1 aromatic carbocycles. The number of nitrogens with one attached hydrogen (secondary N) is 2. The van der Waals surface area contributed by atoms with Crippen LogP contribution in [0.1, 0.15) is 24.6 Å². The number of carbonyl (C=O) groups excluding carboxylic acids is 1. The molecule has 11 nitrogen and oxygen atoms in total. The van der Waals surface area contributed by atoms with Crippen molar-refractivity contribution in [3.8, 4) is 12.3 Å². The van der Waals surface area contributed by atoms with Crippen molar-refractivity contribution in [1.82, 2.24) is 29.4 Å². The van der Waals surface area contributed by atoms with E-state index in [1.165, 1.54) is 22.8 Å². The number of nitrogens with zero attached hydrogens (tertiary/aromatic N) is 5. The van der Waals surface area contributed by atoms with Crippen LogP contribution in [-0.2, 0) is 22.5 Å². The Morgan fingerprint density at radius 1 is 1.19 bits per heavy atom. The highest BCUT2D eigenvalue weighted by molar-refractivity contribution is 5.85. The number of aliphatic hydroxyl groups excluding tert-OH is 2. The van der Waals surface area contributed by atoms with Gasteiger partial charge in [-0.25, -0.2) is 15.0 Å². The first-order chi connectivity index (χ1) is 18.0. The van der Waals surface area contributed by atoms with E-state index < -0.39 is 30.4 Å². The van der Waals surface area contributed by atoms with Gasteiger partial charge in [-0.1, -0.05) is 24.1 Å². The van der Waals surface area contributed by atoms with Crippen molar-refractivity contribution in [3.63, 3.8) is 0 Å². The van der Waals surface area contributed by atoms with E-state index in [2.05, 4.69) is 54.4 Å². The maximum Gasteiger partial charge on any atom is 0.252 e. The standard InChI is InChI=1S/C26H27N7O4/c1-2-11-32-12-15(17-5-3-4-6-18(17)32)9-10-27-23-19-24(29-13-28-23)33(14-30-19)26-21(35)20(34)22(37-26)25(36)31-16-7-8-16/h1,3-6,12-14,16,20-22,26,34-35H,7-11H2,(H,31,36)(H,27,28,29)/t20-,21+,22-,26+/m0/s1. The molecule has 0 spiro atoms. The number of rotatable bonds is 8. The average molecular weight is 502 g/mol. The molecule has 4 N–H and O–H groups in total. The lowest BCUT2D eigenvalue weighted by Crippen LogP contribution is -2.43. The highest BCUT2D eigenvalue weighted by Gasteiger charge is 2.48. The zero-order chi connectivity index (χ0) is 25.5. The van der Waals surface area contributed by atoms with E-state index in [-0.39, 0.29) is 6.04 Å². The molecule has 3 aromatic heterocycles. The highest BCUT2D eigenvalue weighted by atomic mass is 16.6. The smallest absolute Gasteiger partial charge is 0.252 e. The molecule has 0 radical (unpaired) electrons. The number of hydrogen-bond donors (Lipinski definition) is 4. The van der Waals surface area contributed by atoms with Gasteiger partial charge in [0.25, 0.3) is 5.91 Å². The number of anilines is 1.